The van der Waals surface area contributed by atoms with Crippen molar-refractivity contribution in [3.8, 4) is 0 Å². The Bertz CT molecular complexity index is 659. The summed E-state index contributed by atoms with van der Waals surface area (Å²) in [5, 5.41) is 2.88. The molecule has 3 rings (SSSR count). The number of rotatable bonds is 5. The normalized spacial score (nSPS) is 18.0. The highest BCUT2D eigenvalue weighted by Crippen LogP contribution is 2.20. The molecule has 0 radical (unpaired) electrons. The quantitative estimate of drug-likeness (QED) is 0.920. The van der Waals surface area contributed by atoms with Gasteiger partial charge in [-0.1, -0.05) is 48.5 Å². The monoisotopic (exact) mass is 312 g/mol. The summed E-state index contributed by atoms with van der Waals surface area (Å²) in [6, 6.07) is 16.6. The lowest BCUT2D eigenvalue weighted by Crippen LogP contribution is -2.42. The Balaban J connectivity index is 1.59. The fraction of sp³-hybridized carbons (Fsp3) is 0.316. The van der Waals surface area contributed by atoms with Crippen LogP contribution in [0, 0.1) is 5.82 Å². The molecule has 23 heavy (non-hydrogen) atoms. The molecule has 0 aromatic heterocycles. The molecular weight excluding hydrogens is 291 g/mol. The Kier molecular flexibility index (Phi) is 5.03. The number of hydrogen-bond acceptors (Lipinski definition) is 2. The molecule has 1 N–H and O–H groups in total. The topological polar surface area (TPSA) is 32.3 Å². The Labute approximate surface area is 136 Å². The van der Waals surface area contributed by atoms with Crippen molar-refractivity contribution in [2.75, 3.05) is 6.54 Å². The molecule has 1 aliphatic rings. The number of amides is 1. The molecule has 3 nitrogen and oxygen atoms in total. The van der Waals surface area contributed by atoms with Crippen LogP contribution in [0.25, 0.3) is 0 Å². The standard InChI is InChI=1S/C19H21FN2O/c20-17-10-5-4-9-16(17)13-21-19(23)18-11-6-12-22(18)14-15-7-2-1-3-8-15/h1-5,7-10,18H,6,11-14H2,(H,21,23)/t18-/m0/s1. The molecule has 1 saturated heterocycles. The van der Waals surface area contributed by atoms with Crippen molar-refractivity contribution in [1.82, 2.24) is 10.2 Å². The third kappa shape index (κ3) is 3.96. The third-order valence-corrected chi connectivity index (χ3v) is 4.31. The van der Waals surface area contributed by atoms with Gasteiger partial charge >= 0.3 is 0 Å². The number of hydrogen-bond donors (Lipinski definition) is 1. The van der Waals surface area contributed by atoms with Gasteiger partial charge in [0.2, 0.25) is 5.91 Å². The van der Waals surface area contributed by atoms with Gasteiger partial charge < -0.3 is 5.32 Å². The molecule has 0 saturated carbocycles. The molecule has 1 atom stereocenters. The van der Waals surface area contributed by atoms with Crippen LogP contribution in [0.5, 0.6) is 0 Å². The average Bonchev–Trinajstić information content (AvgIpc) is 3.03. The summed E-state index contributed by atoms with van der Waals surface area (Å²) < 4.78 is 13.6. The first-order valence-corrected chi connectivity index (χ1v) is 8.03. The number of halogens is 1. The van der Waals surface area contributed by atoms with Crippen molar-refractivity contribution in [2.45, 2.75) is 32.0 Å². The van der Waals surface area contributed by atoms with Gasteiger partial charge in [0.25, 0.3) is 0 Å². The van der Waals surface area contributed by atoms with Gasteiger partial charge in [0.1, 0.15) is 5.82 Å². The SMILES string of the molecule is O=C(NCc1ccccc1F)[C@@H]1CCCN1Cc1ccccc1. The van der Waals surface area contributed by atoms with Crippen LogP contribution in [0.3, 0.4) is 0 Å². The molecule has 1 heterocycles. The van der Waals surface area contributed by atoms with E-state index in [2.05, 4.69) is 22.3 Å². The zero-order valence-electron chi connectivity index (χ0n) is 13.0. The molecule has 1 fully saturated rings. The second kappa shape index (κ2) is 7.38. The van der Waals surface area contributed by atoms with Crippen LogP contribution in [0.15, 0.2) is 54.6 Å². The first-order chi connectivity index (χ1) is 11.2. The maximum Gasteiger partial charge on any atom is 0.237 e. The molecule has 0 aliphatic carbocycles. The Hall–Kier alpha value is -2.20. The van der Waals surface area contributed by atoms with Crippen LogP contribution in [-0.2, 0) is 17.9 Å². The van der Waals surface area contributed by atoms with Gasteiger partial charge in [-0.05, 0) is 31.0 Å². The van der Waals surface area contributed by atoms with Crippen molar-refractivity contribution in [2.24, 2.45) is 0 Å². The largest absolute Gasteiger partial charge is 0.351 e. The van der Waals surface area contributed by atoms with Crippen LogP contribution in [0.2, 0.25) is 0 Å². The molecular formula is C19H21FN2O. The van der Waals surface area contributed by atoms with Gasteiger partial charge in [0.05, 0.1) is 6.04 Å². The number of likely N-dealkylation sites (tertiary alicyclic amines) is 1. The molecule has 2 aromatic carbocycles. The van der Waals surface area contributed by atoms with E-state index in [4.69, 9.17) is 0 Å². The van der Waals surface area contributed by atoms with Crippen molar-refractivity contribution in [3.05, 3.63) is 71.5 Å². The van der Waals surface area contributed by atoms with Gasteiger partial charge in [0, 0.05) is 18.7 Å². The second-order valence-corrected chi connectivity index (χ2v) is 5.92. The molecule has 0 unspecified atom stereocenters. The number of carbonyl (C=O) groups is 1. The van der Waals surface area contributed by atoms with Crippen LogP contribution >= 0.6 is 0 Å². The molecule has 0 bridgehead atoms. The van der Waals surface area contributed by atoms with E-state index < -0.39 is 0 Å². The molecule has 120 valence electrons. The van der Waals surface area contributed by atoms with Crippen molar-refractivity contribution >= 4 is 5.91 Å². The number of nitrogens with one attached hydrogen (secondary N) is 1. The predicted octanol–water partition coefficient (Wildman–Crippen LogP) is 3.11. The Morgan fingerprint density at radius 3 is 2.65 bits per heavy atom. The van der Waals surface area contributed by atoms with Gasteiger partial charge in [-0.3, -0.25) is 9.69 Å². The van der Waals surface area contributed by atoms with E-state index in [1.54, 1.807) is 18.2 Å². The molecule has 0 spiro atoms. The highest BCUT2D eigenvalue weighted by molar-refractivity contribution is 5.82. The summed E-state index contributed by atoms with van der Waals surface area (Å²) in [6.45, 7) is 1.94. The van der Waals surface area contributed by atoms with Crippen LogP contribution in [-0.4, -0.2) is 23.4 Å². The van der Waals surface area contributed by atoms with Crippen molar-refractivity contribution < 1.29 is 9.18 Å². The maximum atomic E-state index is 13.6. The first kappa shape index (κ1) is 15.7. The van der Waals surface area contributed by atoms with Gasteiger partial charge in [-0.2, -0.15) is 0 Å². The predicted molar refractivity (Wildman–Crippen MR) is 88.1 cm³/mol. The van der Waals surface area contributed by atoms with Crippen LogP contribution in [0.1, 0.15) is 24.0 Å². The summed E-state index contributed by atoms with van der Waals surface area (Å²) in [5.74, 6) is -0.290. The zero-order valence-corrected chi connectivity index (χ0v) is 13.0. The number of carbonyl (C=O) groups excluding carboxylic acids is 1. The van der Waals surface area contributed by atoms with Crippen molar-refractivity contribution in [1.29, 1.82) is 0 Å². The zero-order chi connectivity index (χ0) is 16.1. The number of nitrogens with zero attached hydrogens (tertiary/aromatic N) is 1. The Morgan fingerprint density at radius 2 is 1.87 bits per heavy atom. The fourth-order valence-corrected chi connectivity index (χ4v) is 3.07. The van der Waals surface area contributed by atoms with Gasteiger partial charge in [-0.15, -0.1) is 0 Å². The molecule has 4 heteroatoms. The molecule has 1 amide bonds. The van der Waals surface area contributed by atoms with E-state index >= 15 is 0 Å². The first-order valence-electron chi connectivity index (χ1n) is 8.03. The minimum absolute atomic E-state index is 0.0123. The average molecular weight is 312 g/mol. The van der Waals surface area contributed by atoms with Crippen molar-refractivity contribution in [3.63, 3.8) is 0 Å². The van der Waals surface area contributed by atoms with Crippen LogP contribution in [0.4, 0.5) is 4.39 Å². The van der Waals surface area contributed by atoms with E-state index in [0.717, 1.165) is 25.9 Å². The van der Waals surface area contributed by atoms with Gasteiger partial charge in [0.15, 0.2) is 0 Å². The minimum Gasteiger partial charge on any atom is -0.351 e. The summed E-state index contributed by atoms with van der Waals surface area (Å²) in [6.07, 6.45) is 1.88. The minimum atomic E-state index is -0.277. The van der Waals surface area contributed by atoms with E-state index in [1.807, 2.05) is 18.2 Å². The summed E-state index contributed by atoms with van der Waals surface area (Å²) in [5.41, 5.74) is 1.73. The van der Waals surface area contributed by atoms with E-state index in [-0.39, 0.29) is 24.3 Å². The lowest BCUT2D eigenvalue weighted by atomic mass is 10.1. The molecule has 2 aromatic rings. The highest BCUT2D eigenvalue weighted by atomic mass is 19.1. The summed E-state index contributed by atoms with van der Waals surface area (Å²) in [7, 11) is 0. The lowest BCUT2D eigenvalue weighted by molar-refractivity contribution is -0.125. The summed E-state index contributed by atoms with van der Waals surface area (Å²) >= 11 is 0. The maximum absolute atomic E-state index is 13.6. The Morgan fingerprint density at radius 1 is 1.13 bits per heavy atom. The van der Waals surface area contributed by atoms with Gasteiger partial charge in [-0.25, -0.2) is 4.39 Å². The third-order valence-electron chi connectivity index (χ3n) is 4.31. The molecule has 1 aliphatic heterocycles. The number of benzene rings is 2. The van der Waals surface area contributed by atoms with E-state index in [1.165, 1.54) is 11.6 Å². The summed E-state index contributed by atoms with van der Waals surface area (Å²) in [4.78, 5) is 14.7. The lowest BCUT2D eigenvalue weighted by Gasteiger charge is -2.23. The van der Waals surface area contributed by atoms with Crippen LogP contribution < -0.4 is 5.32 Å². The second-order valence-electron chi connectivity index (χ2n) is 5.92. The highest BCUT2D eigenvalue weighted by Gasteiger charge is 2.30. The van der Waals surface area contributed by atoms with E-state index in [9.17, 15) is 9.18 Å². The smallest absolute Gasteiger partial charge is 0.237 e. The fourth-order valence-electron chi connectivity index (χ4n) is 3.07. The van der Waals surface area contributed by atoms with E-state index in [0.29, 0.717) is 5.56 Å².